The zero-order valence-corrected chi connectivity index (χ0v) is 7.89. The molecule has 0 saturated carbocycles. The fraction of sp³-hybridized carbons (Fsp3) is 0.222. The van der Waals surface area contributed by atoms with Crippen molar-refractivity contribution in [3.8, 4) is 11.5 Å². The van der Waals surface area contributed by atoms with Gasteiger partial charge in [0.1, 0.15) is 11.5 Å². The van der Waals surface area contributed by atoms with Gasteiger partial charge in [0.2, 0.25) is 0 Å². The molecule has 0 fully saturated rings. The summed E-state index contributed by atoms with van der Waals surface area (Å²) in [5, 5.41) is 0. The molecular weight excluding hydrogens is 254 g/mol. The Bertz CT molecular complexity index is 361. The normalized spacial score (nSPS) is 12.4. The molecule has 0 aliphatic heterocycles. The van der Waals surface area contributed by atoms with Crippen LogP contribution in [0.4, 0.5) is 26.3 Å². The molecule has 1 rings (SSSR count). The summed E-state index contributed by atoms with van der Waals surface area (Å²) in [6.45, 7) is 5.10. The number of rotatable bonds is 2. The molecule has 0 heterocycles. The summed E-state index contributed by atoms with van der Waals surface area (Å²) in [7, 11) is 0. The fourth-order valence-electron chi connectivity index (χ4n) is 0.979. The van der Waals surface area contributed by atoms with E-state index < -0.39 is 24.2 Å². The van der Waals surface area contributed by atoms with Crippen LogP contribution >= 0.6 is 0 Å². The van der Waals surface area contributed by atoms with E-state index in [2.05, 4.69) is 9.47 Å². The lowest BCUT2D eigenvalue weighted by molar-refractivity contribution is -0.276. The minimum Gasteiger partial charge on any atom is -0.406 e. The molecule has 0 aliphatic carbocycles. The minimum absolute atomic E-state index is 0.356. The fourth-order valence-corrected chi connectivity index (χ4v) is 0.979. The molecular formula is C9H4F6O2. The predicted octanol–water partition coefficient (Wildman–Crippen LogP) is 3.54. The zero-order valence-electron chi connectivity index (χ0n) is 7.89. The van der Waals surface area contributed by atoms with Crippen molar-refractivity contribution in [1.82, 2.24) is 0 Å². The Morgan fingerprint density at radius 1 is 0.765 bits per heavy atom. The highest BCUT2D eigenvalue weighted by Gasteiger charge is 2.33. The maximum atomic E-state index is 11.8. The van der Waals surface area contributed by atoms with Crippen LogP contribution in [0.5, 0.6) is 11.5 Å². The second-order valence-corrected chi connectivity index (χ2v) is 2.83. The van der Waals surface area contributed by atoms with Gasteiger partial charge < -0.3 is 9.47 Å². The van der Waals surface area contributed by atoms with E-state index in [-0.39, 0.29) is 5.56 Å². The van der Waals surface area contributed by atoms with Gasteiger partial charge in [0.15, 0.2) is 0 Å². The Labute approximate surface area is 91.7 Å². The average molecular weight is 258 g/mol. The lowest BCUT2D eigenvalue weighted by atomic mass is 10.2. The van der Waals surface area contributed by atoms with Gasteiger partial charge in [-0.2, -0.15) is 0 Å². The van der Waals surface area contributed by atoms with Crippen LogP contribution in [0.2, 0.25) is 0 Å². The van der Waals surface area contributed by atoms with Gasteiger partial charge in [0.25, 0.3) is 0 Å². The first-order chi connectivity index (χ1) is 7.55. The van der Waals surface area contributed by atoms with E-state index in [1.54, 1.807) is 0 Å². The third kappa shape index (κ3) is 5.32. The smallest absolute Gasteiger partial charge is 0.406 e. The SMILES string of the molecule is [CH]c1cc(OC(F)(F)F)cc(OC(F)(F)F)c1. The molecule has 0 unspecified atom stereocenters. The number of alkyl halides is 6. The first-order valence-electron chi connectivity index (χ1n) is 3.97. The highest BCUT2D eigenvalue weighted by molar-refractivity contribution is 5.39. The van der Waals surface area contributed by atoms with Gasteiger partial charge in [-0.15, -0.1) is 26.3 Å². The summed E-state index contributed by atoms with van der Waals surface area (Å²) in [4.78, 5) is 0. The maximum Gasteiger partial charge on any atom is 0.573 e. The molecule has 94 valence electrons. The molecule has 0 atom stereocenters. The van der Waals surface area contributed by atoms with Gasteiger partial charge in [-0.1, -0.05) is 0 Å². The van der Waals surface area contributed by atoms with E-state index in [4.69, 9.17) is 6.92 Å². The first-order valence-corrected chi connectivity index (χ1v) is 3.97. The molecule has 0 amide bonds. The van der Waals surface area contributed by atoms with Gasteiger partial charge in [0.05, 0.1) is 0 Å². The molecule has 17 heavy (non-hydrogen) atoms. The molecule has 8 heteroatoms. The van der Waals surface area contributed by atoms with Crippen LogP contribution in [0, 0.1) is 6.92 Å². The summed E-state index contributed by atoms with van der Waals surface area (Å²) < 4.78 is 77.7. The second kappa shape index (κ2) is 4.34. The monoisotopic (exact) mass is 258 g/mol. The van der Waals surface area contributed by atoms with Crippen LogP contribution in [0.1, 0.15) is 5.56 Å². The molecule has 1 aromatic carbocycles. The Hall–Kier alpha value is -1.60. The lowest BCUT2D eigenvalue weighted by Crippen LogP contribution is -2.19. The van der Waals surface area contributed by atoms with Crippen molar-refractivity contribution in [1.29, 1.82) is 0 Å². The molecule has 0 N–H and O–H groups in total. The third-order valence-electron chi connectivity index (χ3n) is 1.37. The van der Waals surface area contributed by atoms with Gasteiger partial charge in [0, 0.05) is 6.07 Å². The van der Waals surface area contributed by atoms with Crippen LogP contribution in [0.3, 0.4) is 0 Å². The minimum atomic E-state index is -5.02. The van der Waals surface area contributed by atoms with Crippen molar-refractivity contribution in [2.45, 2.75) is 12.7 Å². The third-order valence-corrected chi connectivity index (χ3v) is 1.37. The summed E-state index contributed by atoms with van der Waals surface area (Å²) in [6.07, 6.45) is -10.0. The number of hydrogen-bond acceptors (Lipinski definition) is 2. The van der Waals surface area contributed by atoms with Crippen LogP contribution < -0.4 is 9.47 Å². The van der Waals surface area contributed by atoms with Crippen LogP contribution in [-0.4, -0.2) is 12.7 Å². The lowest BCUT2D eigenvalue weighted by Gasteiger charge is -2.13. The second-order valence-electron chi connectivity index (χ2n) is 2.83. The van der Waals surface area contributed by atoms with Crippen LogP contribution in [0.25, 0.3) is 0 Å². The van der Waals surface area contributed by atoms with Crippen molar-refractivity contribution < 1.29 is 35.8 Å². The Balaban J connectivity index is 2.95. The topological polar surface area (TPSA) is 18.5 Å². The molecule has 2 nitrogen and oxygen atoms in total. The molecule has 0 aromatic heterocycles. The zero-order chi connectivity index (χ0) is 13.3. The van der Waals surface area contributed by atoms with Crippen molar-refractivity contribution in [3.05, 3.63) is 30.7 Å². The van der Waals surface area contributed by atoms with E-state index in [1.165, 1.54) is 0 Å². The van der Waals surface area contributed by atoms with E-state index in [9.17, 15) is 26.3 Å². The Kier molecular flexibility index (Phi) is 3.44. The van der Waals surface area contributed by atoms with Crippen LogP contribution in [0.15, 0.2) is 18.2 Å². The summed E-state index contributed by atoms with van der Waals surface area (Å²) in [5.74, 6) is -1.78. The van der Waals surface area contributed by atoms with E-state index in [0.717, 1.165) is 12.1 Å². The Morgan fingerprint density at radius 3 is 1.41 bits per heavy atom. The number of benzene rings is 1. The predicted molar refractivity (Wildman–Crippen MR) is 43.2 cm³/mol. The summed E-state index contributed by atoms with van der Waals surface area (Å²) >= 11 is 0. The van der Waals surface area contributed by atoms with Crippen LogP contribution in [-0.2, 0) is 0 Å². The van der Waals surface area contributed by atoms with Crippen molar-refractivity contribution in [2.24, 2.45) is 0 Å². The highest BCUT2D eigenvalue weighted by atomic mass is 19.4. The molecule has 0 spiro atoms. The van der Waals surface area contributed by atoms with Crippen molar-refractivity contribution in [2.75, 3.05) is 0 Å². The summed E-state index contributed by atoms with van der Waals surface area (Å²) in [6, 6.07) is 1.87. The maximum absolute atomic E-state index is 11.8. The molecule has 1 aromatic rings. The highest BCUT2D eigenvalue weighted by Crippen LogP contribution is 2.30. The van der Waals surface area contributed by atoms with E-state index in [1.807, 2.05) is 0 Å². The molecule has 0 saturated heterocycles. The first kappa shape index (κ1) is 13.5. The summed E-state index contributed by atoms with van der Waals surface area (Å²) in [5.41, 5.74) is -0.356. The van der Waals surface area contributed by atoms with Crippen molar-refractivity contribution in [3.63, 3.8) is 0 Å². The standard InChI is InChI=1S/C9H4F6O2/c1-5-2-6(16-8(10,11)12)4-7(3-5)17-9(13,14)15/h1-4H. The average Bonchev–Trinajstić information content (AvgIpc) is 1.93. The Morgan fingerprint density at radius 2 is 1.12 bits per heavy atom. The quantitative estimate of drug-likeness (QED) is 0.755. The number of hydrogen-bond donors (Lipinski definition) is 0. The van der Waals surface area contributed by atoms with Gasteiger partial charge in [-0.25, -0.2) is 0 Å². The largest absolute Gasteiger partial charge is 0.573 e. The number of halogens is 6. The number of ether oxygens (including phenoxy) is 2. The van der Waals surface area contributed by atoms with E-state index >= 15 is 0 Å². The molecule has 0 bridgehead atoms. The van der Waals surface area contributed by atoms with Gasteiger partial charge >= 0.3 is 12.7 Å². The van der Waals surface area contributed by atoms with Gasteiger partial charge in [-0.05, 0) is 24.6 Å². The van der Waals surface area contributed by atoms with Crippen molar-refractivity contribution >= 4 is 0 Å². The molecule has 2 radical (unpaired) electrons. The molecule has 0 aliphatic rings. The van der Waals surface area contributed by atoms with Gasteiger partial charge in [-0.3, -0.25) is 0 Å². The van der Waals surface area contributed by atoms with E-state index in [0.29, 0.717) is 6.07 Å².